The summed E-state index contributed by atoms with van der Waals surface area (Å²) in [6.45, 7) is 1.79. The molecule has 18 heavy (non-hydrogen) atoms. The quantitative estimate of drug-likeness (QED) is 0.830. The number of hydrogen-bond donors (Lipinski definition) is 1. The van der Waals surface area contributed by atoms with Gasteiger partial charge in [0.05, 0.1) is 0 Å². The molecule has 1 aromatic rings. The first-order valence-corrected chi connectivity index (χ1v) is 6.65. The second-order valence-electron chi connectivity index (χ2n) is 4.37. The van der Waals surface area contributed by atoms with Crippen molar-refractivity contribution < 1.29 is 14.7 Å². The first-order valence-electron chi connectivity index (χ1n) is 5.83. The summed E-state index contributed by atoms with van der Waals surface area (Å²) < 4.78 is 0. The third-order valence-electron chi connectivity index (χ3n) is 2.73. The van der Waals surface area contributed by atoms with Gasteiger partial charge in [-0.2, -0.15) is 0 Å². The van der Waals surface area contributed by atoms with E-state index < -0.39 is 5.97 Å². The van der Waals surface area contributed by atoms with Crippen molar-refractivity contribution in [2.75, 3.05) is 6.54 Å². The number of carbonyl (C=O) groups is 2. The Morgan fingerprint density at radius 1 is 1.50 bits per heavy atom. The number of hydrogen-bond acceptors (Lipinski definition) is 3. The molecule has 2 rings (SSSR count). The van der Waals surface area contributed by atoms with E-state index in [0.29, 0.717) is 0 Å². The highest BCUT2D eigenvalue weighted by atomic mass is 32.1. The lowest BCUT2D eigenvalue weighted by atomic mass is 10.3. The number of rotatable bonds is 5. The third-order valence-corrected chi connectivity index (χ3v) is 3.69. The zero-order valence-electron chi connectivity index (χ0n) is 10.1. The zero-order valence-corrected chi connectivity index (χ0v) is 10.9. The van der Waals surface area contributed by atoms with Gasteiger partial charge in [-0.25, -0.2) is 0 Å². The van der Waals surface area contributed by atoms with Gasteiger partial charge in [0.15, 0.2) is 0 Å². The second kappa shape index (κ2) is 5.35. The second-order valence-corrected chi connectivity index (χ2v) is 5.69. The van der Waals surface area contributed by atoms with Crippen LogP contribution in [0.25, 0.3) is 6.08 Å². The van der Waals surface area contributed by atoms with Gasteiger partial charge < -0.3 is 10.0 Å². The van der Waals surface area contributed by atoms with E-state index in [1.807, 2.05) is 19.1 Å². The molecule has 0 atom stereocenters. The lowest BCUT2D eigenvalue weighted by molar-refractivity contribution is -0.143. The van der Waals surface area contributed by atoms with Gasteiger partial charge in [-0.05, 0) is 38.0 Å². The lowest BCUT2D eigenvalue weighted by Gasteiger charge is -2.17. The van der Waals surface area contributed by atoms with Crippen molar-refractivity contribution in [3.63, 3.8) is 0 Å². The van der Waals surface area contributed by atoms with Gasteiger partial charge in [0.25, 0.3) is 0 Å². The number of nitrogens with zero attached hydrogens (tertiary/aromatic N) is 1. The van der Waals surface area contributed by atoms with Crippen molar-refractivity contribution >= 4 is 29.3 Å². The minimum atomic E-state index is -0.962. The number of amides is 1. The van der Waals surface area contributed by atoms with Crippen molar-refractivity contribution in [3.8, 4) is 0 Å². The van der Waals surface area contributed by atoms with E-state index in [1.54, 1.807) is 17.4 Å². The Balaban J connectivity index is 2.00. The third kappa shape index (κ3) is 3.43. The molecule has 1 aliphatic carbocycles. The van der Waals surface area contributed by atoms with Crippen LogP contribution in [0.3, 0.4) is 0 Å². The topological polar surface area (TPSA) is 57.6 Å². The van der Waals surface area contributed by atoms with Crippen LogP contribution in [0.4, 0.5) is 0 Å². The predicted octanol–water partition coefficient (Wildman–Crippen LogP) is 2.15. The van der Waals surface area contributed by atoms with Crippen LogP contribution >= 0.6 is 11.3 Å². The van der Waals surface area contributed by atoms with Gasteiger partial charge in [-0.15, -0.1) is 11.3 Å². The van der Waals surface area contributed by atoms with Crippen LogP contribution in [0.1, 0.15) is 22.6 Å². The average molecular weight is 265 g/mol. The van der Waals surface area contributed by atoms with Gasteiger partial charge in [-0.1, -0.05) is 0 Å². The van der Waals surface area contributed by atoms with Crippen molar-refractivity contribution in [3.05, 3.63) is 28.0 Å². The van der Waals surface area contributed by atoms with E-state index in [2.05, 4.69) is 0 Å². The van der Waals surface area contributed by atoms with Gasteiger partial charge in [-0.3, -0.25) is 9.59 Å². The molecular weight excluding hydrogens is 250 g/mol. The first-order chi connectivity index (χ1) is 8.56. The molecule has 0 saturated heterocycles. The number of thiophene rings is 1. The SMILES string of the molecule is Cc1ccc(C=CC(=O)N(CC(=O)O)C2CC2)s1. The van der Waals surface area contributed by atoms with Gasteiger partial charge >= 0.3 is 5.97 Å². The molecule has 1 heterocycles. The Hall–Kier alpha value is -1.62. The van der Waals surface area contributed by atoms with Crippen LogP contribution in [0.5, 0.6) is 0 Å². The molecule has 96 valence electrons. The number of carbonyl (C=O) groups excluding carboxylic acids is 1. The Kier molecular flexibility index (Phi) is 3.81. The minimum absolute atomic E-state index is 0.114. The molecule has 1 aliphatic rings. The normalized spacial score (nSPS) is 14.9. The van der Waals surface area contributed by atoms with Crippen molar-refractivity contribution in [2.24, 2.45) is 0 Å². The van der Waals surface area contributed by atoms with Gasteiger partial charge in [0, 0.05) is 21.9 Å². The molecule has 0 radical (unpaired) electrons. The molecule has 0 aliphatic heterocycles. The maximum Gasteiger partial charge on any atom is 0.323 e. The fourth-order valence-corrected chi connectivity index (χ4v) is 2.49. The molecule has 1 amide bonds. The first kappa shape index (κ1) is 12.8. The maximum absolute atomic E-state index is 11.9. The molecule has 1 fully saturated rings. The zero-order chi connectivity index (χ0) is 13.1. The smallest absolute Gasteiger partial charge is 0.323 e. The molecule has 1 aromatic heterocycles. The average Bonchev–Trinajstić information content (AvgIpc) is 3.06. The Bertz CT molecular complexity index is 488. The Labute approximate surface area is 110 Å². The molecule has 5 heteroatoms. The minimum Gasteiger partial charge on any atom is -0.480 e. The standard InChI is InChI=1S/C13H15NO3S/c1-9-2-5-11(18-9)6-7-12(15)14(8-13(16)17)10-3-4-10/h2,5-7,10H,3-4,8H2,1H3,(H,16,17). The monoisotopic (exact) mass is 265 g/mol. The highest BCUT2D eigenvalue weighted by Crippen LogP contribution is 2.27. The van der Waals surface area contributed by atoms with Crippen LogP contribution in [0.2, 0.25) is 0 Å². The molecule has 0 aromatic carbocycles. The summed E-state index contributed by atoms with van der Waals surface area (Å²) in [4.78, 5) is 26.3. The van der Waals surface area contributed by atoms with Crippen molar-refractivity contribution in [1.29, 1.82) is 0 Å². The summed E-state index contributed by atoms with van der Waals surface area (Å²) in [7, 11) is 0. The number of aliphatic carboxylic acids is 1. The van der Waals surface area contributed by atoms with Crippen LogP contribution in [-0.2, 0) is 9.59 Å². The molecular formula is C13H15NO3S. The molecule has 1 N–H and O–H groups in total. The summed E-state index contributed by atoms with van der Waals surface area (Å²) in [5.74, 6) is -1.18. The summed E-state index contributed by atoms with van der Waals surface area (Å²) in [6, 6.07) is 4.05. The van der Waals surface area contributed by atoms with Crippen LogP contribution in [-0.4, -0.2) is 34.5 Å². The molecule has 0 bridgehead atoms. The summed E-state index contributed by atoms with van der Waals surface area (Å²) >= 11 is 1.61. The number of carboxylic acid groups (broad SMARTS) is 1. The highest BCUT2D eigenvalue weighted by Gasteiger charge is 2.32. The highest BCUT2D eigenvalue weighted by molar-refractivity contribution is 7.12. The predicted molar refractivity (Wildman–Crippen MR) is 70.5 cm³/mol. The van der Waals surface area contributed by atoms with E-state index in [-0.39, 0.29) is 18.5 Å². The molecule has 1 saturated carbocycles. The largest absolute Gasteiger partial charge is 0.480 e. The van der Waals surface area contributed by atoms with E-state index >= 15 is 0 Å². The maximum atomic E-state index is 11.9. The van der Waals surface area contributed by atoms with Gasteiger partial charge in [0.1, 0.15) is 6.54 Å². The van der Waals surface area contributed by atoms with Gasteiger partial charge in [0.2, 0.25) is 5.91 Å². The lowest BCUT2D eigenvalue weighted by Crippen LogP contribution is -2.36. The van der Waals surface area contributed by atoms with E-state index in [4.69, 9.17) is 5.11 Å². The summed E-state index contributed by atoms with van der Waals surface area (Å²) in [5, 5.41) is 8.78. The fourth-order valence-electron chi connectivity index (χ4n) is 1.71. The van der Waals surface area contributed by atoms with Crippen molar-refractivity contribution in [2.45, 2.75) is 25.8 Å². The van der Waals surface area contributed by atoms with Crippen molar-refractivity contribution in [1.82, 2.24) is 4.90 Å². The molecule has 0 unspecified atom stereocenters. The Morgan fingerprint density at radius 2 is 2.22 bits per heavy atom. The number of carboxylic acids is 1. The summed E-state index contributed by atoms with van der Waals surface area (Å²) in [5.41, 5.74) is 0. The van der Waals surface area contributed by atoms with Crippen LogP contribution in [0, 0.1) is 6.92 Å². The molecule has 4 nitrogen and oxygen atoms in total. The van der Waals surface area contributed by atoms with E-state index in [0.717, 1.165) is 17.7 Å². The van der Waals surface area contributed by atoms with Crippen LogP contribution in [0.15, 0.2) is 18.2 Å². The van der Waals surface area contributed by atoms with E-state index in [1.165, 1.54) is 15.9 Å². The summed E-state index contributed by atoms with van der Waals surface area (Å²) in [6.07, 6.45) is 5.03. The number of aryl methyl sites for hydroxylation is 1. The fraction of sp³-hybridized carbons (Fsp3) is 0.385. The van der Waals surface area contributed by atoms with E-state index in [9.17, 15) is 9.59 Å². The van der Waals surface area contributed by atoms with Crippen LogP contribution < -0.4 is 0 Å². The molecule has 0 spiro atoms. The Morgan fingerprint density at radius 3 is 2.72 bits per heavy atom.